The van der Waals surface area contributed by atoms with Gasteiger partial charge in [0.2, 0.25) is 12.1 Å². The summed E-state index contributed by atoms with van der Waals surface area (Å²) in [4.78, 5) is 0. The van der Waals surface area contributed by atoms with Gasteiger partial charge in [0, 0.05) is 6.42 Å². The lowest BCUT2D eigenvalue weighted by Crippen LogP contribution is -2.13. The molecule has 0 saturated carbocycles. The van der Waals surface area contributed by atoms with Crippen LogP contribution in [0.3, 0.4) is 0 Å². The molecule has 1 aliphatic heterocycles. The van der Waals surface area contributed by atoms with Crippen LogP contribution >= 0.6 is 0 Å². The highest BCUT2D eigenvalue weighted by Gasteiger charge is 2.53. The predicted octanol–water partition coefficient (Wildman–Crippen LogP) is 3.33. The summed E-state index contributed by atoms with van der Waals surface area (Å²) < 4.78 is 4.70. The van der Waals surface area contributed by atoms with E-state index in [1.807, 2.05) is 0 Å². The smallest absolute Gasteiger partial charge is 0.220 e. The van der Waals surface area contributed by atoms with Gasteiger partial charge in [0.15, 0.2) is 0 Å². The zero-order chi connectivity index (χ0) is 12.6. The molecule has 0 amide bonds. The van der Waals surface area contributed by atoms with Crippen LogP contribution in [0.15, 0.2) is 0 Å². The van der Waals surface area contributed by atoms with Gasteiger partial charge in [0.25, 0.3) is 0 Å². The molecule has 0 aromatic heterocycles. The maximum absolute atomic E-state index is 9.45. The van der Waals surface area contributed by atoms with Gasteiger partial charge in [-0.05, 0) is 6.42 Å². The van der Waals surface area contributed by atoms with E-state index in [0.717, 1.165) is 12.8 Å². The van der Waals surface area contributed by atoms with Crippen LogP contribution in [0.2, 0.25) is 0 Å². The molecule has 1 saturated heterocycles. The van der Waals surface area contributed by atoms with Crippen molar-refractivity contribution in [1.29, 1.82) is 0 Å². The monoisotopic (exact) mass is 244 g/mol. The largest absolute Gasteiger partial charge is 0.364 e. The lowest BCUT2D eigenvalue weighted by atomic mass is 10.0. The first kappa shape index (κ1) is 14.9. The Morgan fingerprint density at radius 1 is 0.882 bits per heavy atom. The molecule has 2 atom stereocenters. The van der Waals surface area contributed by atoms with Gasteiger partial charge < -0.3 is 14.9 Å². The quantitative estimate of drug-likeness (QED) is 0.433. The molecular weight excluding hydrogens is 216 g/mol. The Labute approximate surface area is 105 Å². The summed E-state index contributed by atoms with van der Waals surface area (Å²) in [6.45, 7) is 2.24. The second-order valence-corrected chi connectivity index (χ2v) is 5.25. The van der Waals surface area contributed by atoms with Crippen molar-refractivity contribution in [3.63, 3.8) is 0 Å². The fourth-order valence-corrected chi connectivity index (χ4v) is 2.21. The lowest BCUT2D eigenvalue weighted by molar-refractivity contribution is 0.0252. The zero-order valence-electron chi connectivity index (χ0n) is 11.2. The number of aliphatic hydroxyl groups is 2. The van der Waals surface area contributed by atoms with Gasteiger partial charge in [-0.1, -0.05) is 64.7 Å². The summed E-state index contributed by atoms with van der Waals surface area (Å²) >= 11 is 0. The Morgan fingerprint density at radius 2 is 1.29 bits per heavy atom. The zero-order valence-corrected chi connectivity index (χ0v) is 11.2. The van der Waals surface area contributed by atoms with Gasteiger partial charge in [0.1, 0.15) is 0 Å². The molecule has 1 aliphatic rings. The van der Waals surface area contributed by atoms with E-state index in [1.165, 1.54) is 51.4 Å². The van der Waals surface area contributed by atoms with E-state index in [2.05, 4.69) is 6.92 Å². The van der Waals surface area contributed by atoms with Crippen molar-refractivity contribution in [2.45, 2.75) is 89.6 Å². The number of unbranched alkanes of at least 4 members (excludes halogenated alkanes) is 9. The van der Waals surface area contributed by atoms with Gasteiger partial charge in [-0.15, -0.1) is 0 Å². The second kappa shape index (κ2) is 8.06. The van der Waals surface area contributed by atoms with Crippen LogP contribution in [0.4, 0.5) is 0 Å². The number of rotatable bonds is 11. The van der Waals surface area contributed by atoms with E-state index >= 15 is 0 Å². The summed E-state index contributed by atoms with van der Waals surface area (Å²) in [5.74, 6) is -1.19. The minimum atomic E-state index is -1.19. The Balaban J connectivity index is 1.73. The van der Waals surface area contributed by atoms with E-state index in [9.17, 15) is 5.11 Å². The van der Waals surface area contributed by atoms with Gasteiger partial charge in [-0.3, -0.25) is 0 Å². The van der Waals surface area contributed by atoms with E-state index in [-0.39, 0.29) is 0 Å². The molecule has 0 aliphatic carbocycles. The third-order valence-corrected chi connectivity index (χ3v) is 3.53. The Morgan fingerprint density at radius 3 is 1.71 bits per heavy atom. The van der Waals surface area contributed by atoms with Crippen LogP contribution in [0.5, 0.6) is 0 Å². The Hall–Kier alpha value is -0.120. The minimum Gasteiger partial charge on any atom is -0.364 e. The molecule has 1 fully saturated rings. The van der Waals surface area contributed by atoms with Crippen LogP contribution in [-0.4, -0.2) is 22.3 Å². The maximum atomic E-state index is 9.45. The highest BCUT2D eigenvalue weighted by molar-refractivity contribution is 4.83. The summed E-state index contributed by atoms with van der Waals surface area (Å²) in [6.07, 6.45) is 12.4. The summed E-state index contributed by atoms with van der Waals surface area (Å²) in [5.41, 5.74) is 0. The molecule has 0 aromatic rings. The summed E-state index contributed by atoms with van der Waals surface area (Å²) in [7, 11) is 0. The first-order valence-corrected chi connectivity index (χ1v) is 7.27. The summed E-state index contributed by atoms with van der Waals surface area (Å²) in [5, 5.41) is 18.4. The fourth-order valence-electron chi connectivity index (χ4n) is 2.21. The van der Waals surface area contributed by atoms with Crippen molar-refractivity contribution in [1.82, 2.24) is 0 Å². The number of hydrogen-bond donors (Lipinski definition) is 2. The molecule has 3 heteroatoms. The van der Waals surface area contributed by atoms with Crippen LogP contribution in [0.25, 0.3) is 0 Å². The van der Waals surface area contributed by atoms with Gasteiger partial charge in [-0.2, -0.15) is 0 Å². The van der Waals surface area contributed by atoms with Gasteiger partial charge >= 0.3 is 0 Å². The predicted molar refractivity (Wildman–Crippen MR) is 68.5 cm³/mol. The Kier molecular flexibility index (Phi) is 7.09. The lowest BCUT2D eigenvalue weighted by Gasteiger charge is -2.04. The number of ether oxygens (including phenoxy) is 1. The van der Waals surface area contributed by atoms with Crippen molar-refractivity contribution >= 4 is 0 Å². The van der Waals surface area contributed by atoms with E-state index < -0.39 is 12.1 Å². The average Bonchev–Trinajstić information content (AvgIpc) is 2.90. The first-order valence-electron chi connectivity index (χ1n) is 7.27. The van der Waals surface area contributed by atoms with Crippen LogP contribution in [0.1, 0.15) is 77.6 Å². The van der Waals surface area contributed by atoms with Crippen molar-refractivity contribution in [2.24, 2.45) is 0 Å². The molecule has 2 unspecified atom stereocenters. The molecule has 0 radical (unpaired) electrons. The van der Waals surface area contributed by atoms with Crippen LogP contribution < -0.4 is 0 Å². The Bertz CT molecular complexity index is 196. The number of hydrogen-bond acceptors (Lipinski definition) is 3. The number of aliphatic hydroxyl groups excluding tert-OH is 1. The molecule has 0 spiro atoms. The summed E-state index contributed by atoms with van der Waals surface area (Å²) in [6, 6.07) is 0. The van der Waals surface area contributed by atoms with Crippen LogP contribution in [0, 0.1) is 0 Å². The first-order chi connectivity index (χ1) is 8.19. The molecule has 17 heavy (non-hydrogen) atoms. The molecule has 3 nitrogen and oxygen atoms in total. The molecule has 1 rings (SSSR count). The SMILES string of the molecule is CCCCCCCCCCCCC1(O)OC1O. The van der Waals surface area contributed by atoms with Gasteiger partial charge in [0.05, 0.1) is 0 Å². The molecule has 0 bridgehead atoms. The van der Waals surface area contributed by atoms with E-state index in [0.29, 0.717) is 6.42 Å². The minimum absolute atomic E-state index is 0.574. The molecular formula is C14H28O3. The standard InChI is InChI=1S/C14H28O3/c1-2-3-4-5-6-7-8-9-10-11-12-14(16)13(15)17-14/h13,15-16H,2-12H2,1H3. The molecule has 2 N–H and O–H groups in total. The highest BCUT2D eigenvalue weighted by Crippen LogP contribution is 2.36. The van der Waals surface area contributed by atoms with Crippen LogP contribution in [-0.2, 0) is 4.74 Å². The van der Waals surface area contributed by atoms with Gasteiger partial charge in [-0.25, -0.2) is 0 Å². The topological polar surface area (TPSA) is 53.0 Å². The average molecular weight is 244 g/mol. The van der Waals surface area contributed by atoms with Crippen molar-refractivity contribution in [2.75, 3.05) is 0 Å². The fraction of sp³-hybridized carbons (Fsp3) is 1.00. The van der Waals surface area contributed by atoms with E-state index in [1.54, 1.807) is 0 Å². The highest BCUT2D eigenvalue weighted by atomic mass is 16.8. The normalized spacial score (nSPS) is 27.4. The molecule has 1 heterocycles. The molecule has 102 valence electrons. The van der Waals surface area contributed by atoms with Crippen molar-refractivity contribution in [3.8, 4) is 0 Å². The molecule has 0 aromatic carbocycles. The number of epoxide rings is 1. The van der Waals surface area contributed by atoms with Crippen molar-refractivity contribution in [3.05, 3.63) is 0 Å². The second-order valence-electron chi connectivity index (χ2n) is 5.25. The van der Waals surface area contributed by atoms with E-state index in [4.69, 9.17) is 9.84 Å². The maximum Gasteiger partial charge on any atom is 0.220 e. The third kappa shape index (κ3) is 6.39. The van der Waals surface area contributed by atoms with Crippen molar-refractivity contribution < 1.29 is 14.9 Å². The third-order valence-electron chi connectivity index (χ3n) is 3.53.